The molecule has 3 rings (SSSR count). The maximum Gasteiger partial charge on any atom is 0.106 e. The Morgan fingerprint density at radius 2 is 2.27 bits per heavy atom. The van der Waals surface area contributed by atoms with Gasteiger partial charge in [-0.15, -0.1) is 0 Å². The Labute approximate surface area is 89.9 Å². The van der Waals surface area contributed by atoms with Gasteiger partial charge in [-0.3, -0.25) is 0 Å². The number of aromatic amines is 1. The van der Waals surface area contributed by atoms with Crippen LogP contribution in [0, 0.1) is 5.92 Å². The maximum atomic E-state index is 4.69. The van der Waals surface area contributed by atoms with Crippen LogP contribution in [0.5, 0.6) is 0 Å². The summed E-state index contributed by atoms with van der Waals surface area (Å²) in [5.74, 6) is 1.97. The summed E-state index contributed by atoms with van der Waals surface area (Å²) in [6, 6.07) is 0. The van der Waals surface area contributed by atoms with Gasteiger partial charge in [0, 0.05) is 25.9 Å². The number of imidazole rings is 1. The van der Waals surface area contributed by atoms with E-state index in [-0.39, 0.29) is 0 Å². The van der Waals surface area contributed by atoms with E-state index < -0.39 is 0 Å². The molecule has 0 aliphatic carbocycles. The summed E-state index contributed by atoms with van der Waals surface area (Å²) in [4.78, 5) is 8.15. The van der Waals surface area contributed by atoms with Crippen molar-refractivity contribution in [1.82, 2.24) is 20.6 Å². The Balaban J connectivity index is 1.72. The summed E-state index contributed by atoms with van der Waals surface area (Å²) in [5.41, 5.74) is 2.59. The highest BCUT2D eigenvalue weighted by Gasteiger charge is 2.19. The molecule has 1 atom stereocenters. The molecule has 4 heteroatoms. The molecule has 1 aromatic rings. The number of nitrogens with zero attached hydrogens (tertiary/aromatic N) is 1. The standard InChI is InChI=1S/C11H18N4/c1-3-12-6-8(1)5-11-14-9-2-4-13-7-10(9)15-11/h8,12-13H,1-7H2,(H,14,15). The zero-order valence-electron chi connectivity index (χ0n) is 8.97. The van der Waals surface area contributed by atoms with E-state index in [9.17, 15) is 0 Å². The molecular weight excluding hydrogens is 188 g/mol. The topological polar surface area (TPSA) is 52.7 Å². The van der Waals surface area contributed by atoms with Gasteiger partial charge in [0.15, 0.2) is 0 Å². The highest BCUT2D eigenvalue weighted by Crippen LogP contribution is 2.16. The van der Waals surface area contributed by atoms with Crippen LogP contribution >= 0.6 is 0 Å². The number of nitrogens with one attached hydrogen (secondary N) is 3. The minimum Gasteiger partial charge on any atom is -0.345 e. The zero-order valence-corrected chi connectivity index (χ0v) is 8.97. The fraction of sp³-hybridized carbons (Fsp3) is 0.727. The van der Waals surface area contributed by atoms with Crippen LogP contribution < -0.4 is 10.6 Å². The van der Waals surface area contributed by atoms with Crippen molar-refractivity contribution in [2.24, 2.45) is 5.92 Å². The summed E-state index contributed by atoms with van der Waals surface area (Å²) in [7, 11) is 0. The first-order chi connectivity index (χ1) is 7.42. The van der Waals surface area contributed by atoms with Gasteiger partial charge in [-0.2, -0.15) is 0 Å². The van der Waals surface area contributed by atoms with E-state index in [1.807, 2.05) is 0 Å². The van der Waals surface area contributed by atoms with Gasteiger partial charge < -0.3 is 15.6 Å². The highest BCUT2D eigenvalue weighted by atomic mass is 15.0. The molecule has 0 bridgehead atoms. The predicted molar refractivity (Wildman–Crippen MR) is 58.7 cm³/mol. The lowest BCUT2D eigenvalue weighted by Crippen LogP contribution is -2.23. The molecule has 0 amide bonds. The molecule has 4 nitrogen and oxygen atoms in total. The average Bonchev–Trinajstić information content (AvgIpc) is 2.86. The molecule has 1 saturated heterocycles. The van der Waals surface area contributed by atoms with Crippen LogP contribution in [-0.4, -0.2) is 29.6 Å². The number of hydrogen-bond donors (Lipinski definition) is 3. The molecule has 0 spiro atoms. The lowest BCUT2D eigenvalue weighted by molar-refractivity contribution is 0.564. The SMILES string of the molecule is C1Cc2nc(CC3CCNC3)[nH]c2CN1. The second kappa shape index (κ2) is 3.94. The van der Waals surface area contributed by atoms with Crippen LogP contribution in [-0.2, 0) is 19.4 Å². The van der Waals surface area contributed by atoms with Gasteiger partial charge in [-0.05, 0) is 25.4 Å². The van der Waals surface area contributed by atoms with E-state index in [0.29, 0.717) is 0 Å². The van der Waals surface area contributed by atoms with E-state index >= 15 is 0 Å². The molecule has 3 heterocycles. The molecule has 1 fully saturated rings. The predicted octanol–water partition coefficient (Wildman–Crippen LogP) is 0.207. The number of fused-ring (bicyclic) bond motifs is 1. The maximum absolute atomic E-state index is 4.69. The molecule has 82 valence electrons. The molecule has 0 radical (unpaired) electrons. The first kappa shape index (κ1) is 9.36. The Morgan fingerprint density at radius 1 is 1.27 bits per heavy atom. The van der Waals surface area contributed by atoms with Crippen molar-refractivity contribution in [2.45, 2.75) is 25.8 Å². The molecule has 2 aliphatic rings. The van der Waals surface area contributed by atoms with E-state index in [2.05, 4.69) is 15.6 Å². The van der Waals surface area contributed by atoms with E-state index in [4.69, 9.17) is 4.98 Å². The summed E-state index contributed by atoms with van der Waals surface area (Å²) < 4.78 is 0. The normalized spacial score (nSPS) is 25.5. The van der Waals surface area contributed by atoms with Gasteiger partial charge in [0.1, 0.15) is 5.82 Å². The van der Waals surface area contributed by atoms with Gasteiger partial charge in [0.25, 0.3) is 0 Å². The first-order valence-electron chi connectivity index (χ1n) is 5.90. The van der Waals surface area contributed by atoms with Crippen molar-refractivity contribution in [3.05, 3.63) is 17.2 Å². The van der Waals surface area contributed by atoms with Crippen LogP contribution in [0.3, 0.4) is 0 Å². The second-order valence-electron chi connectivity index (χ2n) is 4.60. The summed E-state index contributed by atoms with van der Waals surface area (Å²) >= 11 is 0. The molecule has 1 aromatic heterocycles. The van der Waals surface area contributed by atoms with E-state index in [1.54, 1.807) is 0 Å². The molecular formula is C11H18N4. The molecule has 2 aliphatic heterocycles. The number of aromatic nitrogens is 2. The van der Waals surface area contributed by atoms with Crippen molar-refractivity contribution in [2.75, 3.05) is 19.6 Å². The van der Waals surface area contributed by atoms with Crippen molar-refractivity contribution in [3.8, 4) is 0 Å². The fourth-order valence-corrected chi connectivity index (χ4v) is 2.54. The largest absolute Gasteiger partial charge is 0.345 e. The summed E-state index contributed by atoms with van der Waals surface area (Å²) in [6.45, 7) is 4.36. The molecule has 0 saturated carbocycles. The number of H-pyrrole nitrogens is 1. The Bertz CT molecular complexity index is 315. The fourth-order valence-electron chi connectivity index (χ4n) is 2.54. The second-order valence-corrected chi connectivity index (χ2v) is 4.60. The van der Waals surface area contributed by atoms with Crippen LogP contribution in [0.2, 0.25) is 0 Å². The number of rotatable bonds is 2. The molecule has 0 aromatic carbocycles. The highest BCUT2D eigenvalue weighted by molar-refractivity contribution is 5.17. The molecule has 3 N–H and O–H groups in total. The molecule has 1 unspecified atom stereocenters. The minimum absolute atomic E-state index is 0.783. The Hall–Kier alpha value is -0.870. The van der Waals surface area contributed by atoms with Crippen LogP contribution in [0.4, 0.5) is 0 Å². The van der Waals surface area contributed by atoms with Gasteiger partial charge in [0.2, 0.25) is 0 Å². The third kappa shape index (κ3) is 1.92. The third-order valence-corrected chi connectivity index (χ3v) is 3.40. The van der Waals surface area contributed by atoms with Gasteiger partial charge in [0.05, 0.1) is 11.4 Å². The van der Waals surface area contributed by atoms with Crippen molar-refractivity contribution in [3.63, 3.8) is 0 Å². The summed E-state index contributed by atoms with van der Waals surface area (Å²) in [5, 5.41) is 6.76. The zero-order chi connectivity index (χ0) is 10.1. The van der Waals surface area contributed by atoms with E-state index in [1.165, 1.54) is 30.2 Å². The lowest BCUT2D eigenvalue weighted by Gasteiger charge is -2.09. The number of hydrogen-bond acceptors (Lipinski definition) is 3. The Kier molecular flexibility index (Phi) is 2.46. The smallest absolute Gasteiger partial charge is 0.106 e. The lowest BCUT2D eigenvalue weighted by atomic mass is 10.1. The van der Waals surface area contributed by atoms with E-state index in [0.717, 1.165) is 38.4 Å². The summed E-state index contributed by atoms with van der Waals surface area (Å²) in [6.07, 6.45) is 3.48. The van der Waals surface area contributed by atoms with Crippen molar-refractivity contribution in [1.29, 1.82) is 0 Å². The monoisotopic (exact) mass is 206 g/mol. The Morgan fingerprint density at radius 3 is 3.07 bits per heavy atom. The first-order valence-corrected chi connectivity index (χ1v) is 5.90. The molecule has 15 heavy (non-hydrogen) atoms. The van der Waals surface area contributed by atoms with Crippen LogP contribution in [0.1, 0.15) is 23.6 Å². The average molecular weight is 206 g/mol. The van der Waals surface area contributed by atoms with Crippen molar-refractivity contribution < 1.29 is 0 Å². The van der Waals surface area contributed by atoms with Gasteiger partial charge in [-0.1, -0.05) is 0 Å². The van der Waals surface area contributed by atoms with Crippen LogP contribution in [0.15, 0.2) is 0 Å². The minimum atomic E-state index is 0.783. The van der Waals surface area contributed by atoms with Gasteiger partial charge >= 0.3 is 0 Å². The quantitative estimate of drug-likeness (QED) is 0.648. The van der Waals surface area contributed by atoms with Gasteiger partial charge in [-0.25, -0.2) is 4.98 Å². The van der Waals surface area contributed by atoms with Crippen molar-refractivity contribution >= 4 is 0 Å². The van der Waals surface area contributed by atoms with Crippen LogP contribution in [0.25, 0.3) is 0 Å². The third-order valence-electron chi connectivity index (χ3n) is 3.40.